The van der Waals surface area contributed by atoms with Gasteiger partial charge in [-0.25, -0.2) is 0 Å². The predicted molar refractivity (Wildman–Crippen MR) is 62.5 cm³/mol. The molecule has 0 unspecified atom stereocenters. The lowest BCUT2D eigenvalue weighted by molar-refractivity contribution is 0.0953. The van der Waals surface area contributed by atoms with E-state index >= 15 is 0 Å². The molecule has 4 nitrogen and oxygen atoms in total. The van der Waals surface area contributed by atoms with Crippen LogP contribution in [0.25, 0.3) is 0 Å². The van der Waals surface area contributed by atoms with Crippen molar-refractivity contribution in [1.82, 2.24) is 15.5 Å². The fourth-order valence-electron chi connectivity index (χ4n) is 1.000. The van der Waals surface area contributed by atoms with E-state index in [1.165, 1.54) is 6.07 Å². The number of hydrogen-bond donors (Lipinski definition) is 1. The topological polar surface area (TPSA) is 54.9 Å². The van der Waals surface area contributed by atoms with Gasteiger partial charge < -0.3 is 5.32 Å². The van der Waals surface area contributed by atoms with Crippen molar-refractivity contribution in [3.05, 3.63) is 21.9 Å². The number of nitrogens with zero attached hydrogens (tertiary/aromatic N) is 2. The molecule has 1 N–H and O–H groups in total. The van der Waals surface area contributed by atoms with Crippen molar-refractivity contribution in [2.45, 2.75) is 12.8 Å². The highest BCUT2D eigenvalue weighted by Crippen LogP contribution is 2.14. The maximum Gasteiger partial charge on any atom is 0.254 e. The molecule has 1 heterocycles. The van der Waals surface area contributed by atoms with E-state index in [0.717, 1.165) is 0 Å². The molecule has 84 valence electrons. The number of rotatable bonds is 4. The Labute approximate surface area is 103 Å². The van der Waals surface area contributed by atoms with Crippen LogP contribution in [0.1, 0.15) is 23.2 Å². The standard InChI is InChI=1S/C10H9Cl2N3O/c1-2-3-4-5-13-10(16)7-6-8(11)14-15-9(7)12/h1,6H,3-5H2,(H,13,16). The average molecular weight is 258 g/mol. The first-order valence-electron chi connectivity index (χ1n) is 4.55. The van der Waals surface area contributed by atoms with Crippen LogP contribution in [0.2, 0.25) is 10.3 Å². The number of amides is 1. The van der Waals surface area contributed by atoms with Gasteiger partial charge in [-0.1, -0.05) is 23.2 Å². The third-order valence-electron chi connectivity index (χ3n) is 1.75. The number of aromatic nitrogens is 2. The normalized spacial score (nSPS) is 9.56. The maximum atomic E-state index is 11.6. The van der Waals surface area contributed by atoms with Gasteiger partial charge in [0.15, 0.2) is 10.3 Å². The molecule has 0 radical (unpaired) electrons. The zero-order valence-corrected chi connectivity index (χ0v) is 9.85. The SMILES string of the molecule is C#CCCCNC(=O)c1cc(Cl)nnc1Cl. The number of hydrogen-bond acceptors (Lipinski definition) is 3. The lowest BCUT2D eigenvalue weighted by Crippen LogP contribution is -2.25. The van der Waals surface area contributed by atoms with Crippen molar-refractivity contribution in [2.75, 3.05) is 6.54 Å². The summed E-state index contributed by atoms with van der Waals surface area (Å²) in [7, 11) is 0. The second-order valence-electron chi connectivity index (χ2n) is 2.94. The van der Waals surface area contributed by atoms with Gasteiger partial charge in [0.05, 0.1) is 5.56 Å². The number of halogens is 2. The Hall–Kier alpha value is -1.31. The summed E-state index contributed by atoms with van der Waals surface area (Å²) in [6.07, 6.45) is 6.41. The van der Waals surface area contributed by atoms with Gasteiger partial charge in [-0.2, -0.15) is 0 Å². The lowest BCUT2D eigenvalue weighted by Gasteiger charge is -2.04. The Balaban J connectivity index is 2.59. The van der Waals surface area contributed by atoms with E-state index in [4.69, 9.17) is 29.6 Å². The average Bonchev–Trinajstić information content (AvgIpc) is 2.27. The molecule has 16 heavy (non-hydrogen) atoms. The van der Waals surface area contributed by atoms with Gasteiger partial charge in [-0.3, -0.25) is 4.79 Å². The van der Waals surface area contributed by atoms with Gasteiger partial charge in [0.2, 0.25) is 0 Å². The molecular weight excluding hydrogens is 249 g/mol. The van der Waals surface area contributed by atoms with Gasteiger partial charge in [-0.05, 0) is 12.5 Å². The number of terminal acetylenes is 1. The van der Waals surface area contributed by atoms with Crippen LogP contribution < -0.4 is 5.32 Å². The van der Waals surface area contributed by atoms with Gasteiger partial charge in [0.1, 0.15) is 0 Å². The van der Waals surface area contributed by atoms with E-state index < -0.39 is 0 Å². The number of carbonyl (C=O) groups is 1. The van der Waals surface area contributed by atoms with E-state index in [1.54, 1.807) is 0 Å². The van der Waals surface area contributed by atoms with Crippen LogP contribution in [-0.4, -0.2) is 22.6 Å². The molecule has 0 fully saturated rings. The van der Waals surface area contributed by atoms with Crippen LogP contribution in [0.5, 0.6) is 0 Å². The van der Waals surface area contributed by atoms with Crippen LogP contribution >= 0.6 is 23.2 Å². The molecule has 0 saturated carbocycles. The zero-order chi connectivity index (χ0) is 12.0. The van der Waals surface area contributed by atoms with Crippen molar-refractivity contribution in [3.8, 4) is 12.3 Å². The second-order valence-corrected chi connectivity index (χ2v) is 3.68. The van der Waals surface area contributed by atoms with E-state index in [-0.39, 0.29) is 21.8 Å². The Bertz CT molecular complexity index is 429. The van der Waals surface area contributed by atoms with Crippen LogP contribution in [0.4, 0.5) is 0 Å². The Morgan fingerprint density at radius 2 is 2.25 bits per heavy atom. The molecule has 6 heteroatoms. The highest BCUT2D eigenvalue weighted by molar-refractivity contribution is 6.34. The number of nitrogens with one attached hydrogen (secondary N) is 1. The van der Waals surface area contributed by atoms with E-state index in [0.29, 0.717) is 19.4 Å². The van der Waals surface area contributed by atoms with Gasteiger partial charge >= 0.3 is 0 Å². The molecule has 0 saturated heterocycles. The molecule has 0 bridgehead atoms. The first-order valence-corrected chi connectivity index (χ1v) is 5.31. The van der Waals surface area contributed by atoms with Crippen molar-refractivity contribution >= 4 is 29.1 Å². The summed E-state index contributed by atoms with van der Waals surface area (Å²) >= 11 is 11.3. The molecule has 1 aromatic heterocycles. The highest BCUT2D eigenvalue weighted by Gasteiger charge is 2.12. The van der Waals surface area contributed by atoms with E-state index in [2.05, 4.69) is 21.4 Å². The molecule has 0 aliphatic rings. The first kappa shape index (κ1) is 12.8. The van der Waals surface area contributed by atoms with Crippen molar-refractivity contribution in [2.24, 2.45) is 0 Å². The Kier molecular flexibility index (Phi) is 5.03. The third-order valence-corrected chi connectivity index (χ3v) is 2.21. The summed E-state index contributed by atoms with van der Waals surface area (Å²) in [5.74, 6) is 2.15. The molecule has 0 atom stereocenters. The molecule has 0 spiro atoms. The number of unbranched alkanes of at least 4 members (excludes halogenated alkanes) is 1. The van der Waals surface area contributed by atoms with E-state index in [1.807, 2.05) is 0 Å². The van der Waals surface area contributed by atoms with Crippen LogP contribution in [0.3, 0.4) is 0 Å². The van der Waals surface area contributed by atoms with Crippen LogP contribution in [0, 0.1) is 12.3 Å². The largest absolute Gasteiger partial charge is 0.352 e. The highest BCUT2D eigenvalue weighted by atomic mass is 35.5. The minimum atomic E-state index is -0.334. The summed E-state index contributed by atoms with van der Waals surface area (Å²) in [6.45, 7) is 0.485. The Morgan fingerprint density at radius 1 is 1.50 bits per heavy atom. The molecule has 1 amide bonds. The summed E-state index contributed by atoms with van der Waals surface area (Å²) in [5.41, 5.74) is 0.211. The van der Waals surface area contributed by atoms with Crippen LogP contribution in [-0.2, 0) is 0 Å². The zero-order valence-electron chi connectivity index (χ0n) is 8.33. The smallest absolute Gasteiger partial charge is 0.254 e. The van der Waals surface area contributed by atoms with Gasteiger partial charge in [0.25, 0.3) is 5.91 Å². The third kappa shape index (κ3) is 3.69. The maximum absolute atomic E-state index is 11.6. The minimum Gasteiger partial charge on any atom is -0.352 e. The fraction of sp³-hybridized carbons (Fsp3) is 0.300. The van der Waals surface area contributed by atoms with Gasteiger partial charge in [-0.15, -0.1) is 22.5 Å². The minimum absolute atomic E-state index is 0.0267. The molecule has 1 rings (SSSR count). The monoisotopic (exact) mass is 257 g/mol. The fourth-order valence-corrected chi connectivity index (χ4v) is 1.32. The number of carbonyl (C=O) groups excluding carboxylic acids is 1. The molecule has 0 aliphatic carbocycles. The summed E-state index contributed by atoms with van der Waals surface area (Å²) < 4.78 is 0. The summed E-state index contributed by atoms with van der Waals surface area (Å²) in [6, 6.07) is 1.37. The van der Waals surface area contributed by atoms with Crippen LogP contribution in [0.15, 0.2) is 6.07 Å². The molecular formula is C10H9Cl2N3O. The van der Waals surface area contributed by atoms with Crippen molar-refractivity contribution < 1.29 is 4.79 Å². The second kappa shape index (κ2) is 6.31. The quantitative estimate of drug-likeness (QED) is 0.663. The first-order chi connectivity index (χ1) is 7.65. The summed E-state index contributed by atoms with van der Waals surface area (Å²) in [4.78, 5) is 11.6. The van der Waals surface area contributed by atoms with Crippen molar-refractivity contribution in [1.29, 1.82) is 0 Å². The molecule has 0 aliphatic heterocycles. The summed E-state index contributed by atoms with van der Waals surface area (Å²) in [5, 5.41) is 9.85. The molecule has 1 aromatic rings. The van der Waals surface area contributed by atoms with Crippen molar-refractivity contribution in [3.63, 3.8) is 0 Å². The Morgan fingerprint density at radius 3 is 2.94 bits per heavy atom. The van der Waals surface area contributed by atoms with Gasteiger partial charge in [0, 0.05) is 13.0 Å². The predicted octanol–water partition coefficient (Wildman–Crippen LogP) is 1.93. The molecule has 0 aromatic carbocycles. The van der Waals surface area contributed by atoms with E-state index in [9.17, 15) is 4.79 Å². The lowest BCUT2D eigenvalue weighted by atomic mass is 10.2.